The van der Waals surface area contributed by atoms with E-state index < -0.39 is 23.4 Å². The molecule has 2 heterocycles. The van der Waals surface area contributed by atoms with Crippen LogP contribution in [0.15, 0.2) is 54.2 Å². The highest BCUT2D eigenvalue weighted by Crippen LogP contribution is 2.38. The molecule has 2 aromatic carbocycles. The lowest BCUT2D eigenvalue weighted by atomic mass is 9.91. The topological polar surface area (TPSA) is 40.6 Å². The van der Waals surface area contributed by atoms with Crippen molar-refractivity contribution in [3.8, 4) is 0 Å². The van der Waals surface area contributed by atoms with Gasteiger partial charge in [-0.2, -0.15) is 0 Å². The van der Waals surface area contributed by atoms with Crippen molar-refractivity contribution < 1.29 is 18.4 Å². The van der Waals surface area contributed by atoms with Gasteiger partial charge in [-0.1, -0.05) is 44.2 Å². The number of amides is 2. The molecule has 1 saturated heterocycles. The zero-order valence-electron chi connectivity index (χ0n) is 16.4. The number of hydrogen-bond donors (Lipinski definition) is 0. The minimum atomic E-state index is -0.817. The number of piperidine rings is 1. The number of anilines is 1. The van der Waals surface area contributed by atoms with Crippen molar-refractivity contribution in [1.82, 2.24) is 4.90 Å². The summed E-state index contributed by atoms with van der Waals surface area (Å²) in [4.78, 5) is 29.4. The molecule has 2 aromatic rings. The van der Waals surface area contributed by atoms with Gasteiger partial charge in [0.25, 0.3) is 11.8 Å². The number of halogens is 2. The minimum Gasteiger partial charge on any atom is -0.366 e. The van der Waals surface area contributed by atoms with Gasteiger partial charge >= 0.3 is 0 Å². The Bertz CT molecular complexity index is 993. The first-order valence-corrected chi connectivity index (χ1v) is 9.75. The summed E-state index contributed by atoms with van der Waals surface area (Å²) in [6.07, 6.45) is 1.04. The summed E-state index contributed by atoms with van der Waals surface area (Å²) >= 11 is 0. The fraction of sp³-hybridized carbons (Fsp3) is 0.304. The molecule has 0 saturated carbocycles. The number of likely N-dealkylation sites (tertiary alicyclic amines) is 1. The second kappa shape index (κ2) is 7.43. The molecule has 6 heteroatoms. The summed E-state index contributed by atoms with van der Waals surface area (Å²) < 4.78 is 28.2. The van der Waals surface area contributed by atoms with Crippen molar-refractivity contribution in [2.75, 3.05) is 18.0 Å². The molecule has 150 valence electrons. The quantitative estimate of drug-likeness (QED) is 0.729. The Morgan fingerprint density at radius 3 is 2.21 bits per heavy atom. The molecule has 0 bridgehead atoms. The van der Waals surface area contributed by atoms with Crippen LogP contribution in [-0.2, 0) is 9.59 Å². The summed E-state index contributed by atoms with van der Waals surface area (Å²) in [6.45, 7) is 5.48. The van der Waals surface area contributed by atoms with E-state index in [1.54, 1.807) is 24.3 Å². The molecule has 2 unspecified atom stereocenters. The van der Waals surface area contributed by atoms with Crippen LogP contribution in [0.3, 0.4) is 0 Å². The van der Waals surface area contributed by atoms with Gasteiger partial charge in [0.15, 0.2) is 0 Å². The number of imide groups is 1. The highest BCUT2D eigenvalue weighted by atomic mass is 19.1. The Morgan fingerprint density at radius 2 is 1.55 bits per heavy atom. The molecule has 2 amide bonds. The highest BCUT2D eigenvalue weighted by molar-refractivity contribution is 6.45. The van der Waals surface area contributed by atoms with Crippen LogP contribution in [0.4, 0.5) is 14.5 Å². The van der Waals surface area contributed by atoms with Gasteiger partial charge in [0.1, 0.15) is 17.3 Å². The molecule has 0 N–H and O–H groups in total. The van der Waals surface area contributed by atoms with E-state index in [2.05, 4.69) is 13.8 Å². The SMILES string of the molecule is CC1CC(C)CN(C2=C(c3ccccc3)C(=O)N(c3cc(F)ccc3F)C2=O)C1. The van der Waals surface area contributed by atoms with Gasteiger partial charge in [-0.15, -0.1) is 0 Å². The molecule has 2 atom stereocenters. The van der Waals surface area contributed by atoms with E-state index in [1.807, 2.05) is 11.0 Å². The molecule has 1 fully saturated rings. The van der Waals surface area contributed by atoms with Gasteiger partial charge in [0.05, 0.1) is 11.3 Å². The lowest BCUT2D eigenvalue weighted by Gasteiger charge is -2.37. The predicted octanol–water partition coefficient (Wildman–Crippen LogP) is 4.23. The smallest absolute Gasteiger partial charge is 0.282 e. The largest absolute Gasteiger partial charge is 0.366 e. The van der Waals surface area contributed by atoms with Crippen LogP contribution in [0.2, 0.25) is 0 Å². The summed E-state index contributed by atoms with van der Waals surface area (Å²) in [5.74, 6) is -2.07. The van der Waals surface area contributed by atoms with Gasteiger partial charge in [0.2, 0.25) is 0 Å². The summed E-state index contributed by atoms with van der Waals surface area (Å²) in [6, 6.07) is 11.7. The molecule has 4 nitrogen and oxygen atoms in total. The maximum absolute atomic E-state index is 14.4. The van der Waals surface area contributed by atoms with Crippen LogP contribution in [0, 0.1) is 23.5 Å². The van der Waals surface area contributed by atoms with Crippen LogP contribution >= 0.6 is 0 Å². The van der Waals surface area contributed by atoms with Gasteiger partial charge in [-0.25, -0.2) is 13.7 Å². The first-order chi connectivity index (χ1) is 13.9. The van der Waals surface area contributed by atoms with Crippen LogP contribution in [0.1, 0.15) is 25.8 Å². The van der Waals surface area contributed by atoms with Crippen molar-refractivity contribution in [3.63, 3.8) is 0 Å². The number of hydrogen-bond acceptors (Lipinski definition) is 3. The van der Waals surface area contributed by atoms with E-state index in [0.29, 0.717) is 30.5 Å². The average molecular weight is 396 g/mol. The molecule has 0 radical (unpaired) electrons. The zero-order chi connectivity index (χ0) is 20.7. The Morgan fingerprint density at radius 1 is 0.897 bits per heavy atom. The Hall–Kier alpha value is -3.02. The Labute approximate surface area is 168 Å². The van der Waals surface area contributed by atoms with Crippen LogP contribution in [0.25, 0.3) is 5.57 Å². The molecular formula is C23H22F2N2O2. The van der Waals surface area contributed by atoms with Crippen molar-refractivity contribution in [2.24, 2.45) is 11.8 Å². The van der Waals surface area contributed by atoms with Crippen LogP contribution < -0.4 is 4.90 Å². The highest BCUT2D eigenvalue weighted by Gasteiger charge is 2.44. The van der Waals surface area contributed by atoms with Gasteiger partial charge < -0.3 is 4.90 Å². The van der Waals surface area contributed by atoms with E-state index >= 15 is 0 Å². The molecule has 4 rings (SSSR count). The summed E-state index contributed by atoms with van der Waals surface area (Å²) in [5.41, 5.74) is 0.733. The second-order valence-electron chi connectivity index (χ2n) is 7.98. The fourth-order valence-electron chi connectivity index (χ4n) is 4.40. The third-order valence-corrected chi connectivity index (χ3v) is 5.46. The summed E-state index contributed by atoms with van der Waals surface area (Å²) in [5, 5.41) is 0. The molecule has 29 heavy (non-hydrogen) atoms. The van der Waals surface area contributed by atoms with Crippen molar-refractivity contribution >= 4 is 23.1 Å². The monoisotopic (exact) mass is 396 g/mol. The number of rotatable bonds is 3. The maximum Gasteiger partial charge on any atom is 0.282 e. The van der Waals surface area contributed by atoms with Gasteiger partial charge in [0, 0.05) is 19.2 Å². The number of carbonyl (C=O) groups is 2. The van der Waals surface area contributed by atoms with E-state index in [9.17, 15) is 18.4 Å². The molecular weight excluding hydrogens is 374 g/mol. The lowest BCUT2D eigenvalue weighted by molar-refractivity contribution is -0.121. The second-order valence-corrected chi connectivity index (χ2v) is 7.98. The first-order valence-electron chi connectivity index (χ1n) is 9.75. The zero-order valence-corrected chi connectivity index (χ0v) is 16.4. The number of benzene rings is 2. The third kappa shape index (κ3) is 3.43. The predicted molar refractivity (Wildman–Crippen MR) is 107 cm³/mol. The van der Waals surface area contributed by atoms with E-state index in [4.69, 9.17) is 0 Å². The minimum absolute atomic E-state index is 0.237. The molecule has 0 spiro atoms. The number of carbonyl (C=O) groups excluding carboxylic acids is 2. The van der Waals surface area contributed by atoms with E-state index in [0.717, 1.165) is 29.5 Å². The van der Waals surface area contributed by atoms with E-state index in [-0.39, 0.29) is 17.0 Å². The molecule has 2 aliphatic heterocycles. The lowest BCUT2D eigenvalue weighted by Crippen LogP contribution is -2.42. The fourth-order valence-corrected chi connectivity index (χ4v) is 4.40. The molecule has 0 aromatic heterocycles. The van der Waals surface area contributed by atoms with E-state index in [1.165, 1.54) is 0 Å². The molecule has 2 aliphatic rings. The number of nitrogens with zero attached hydrogens (tertiary/aromatic N) is 2. The molecule has 0 aliphatic carbocycles. The Balaban J connectivity index is 1.86. The van der Waals surface area contributed by atoms with Gasteiger partial charge in [-0.05, 0) is 36.0 Å². The standard InChI is InChI=1S/C23H22F2N2O2/c1-14-10-15(2)13-26(12-14)21-20(16-6-4-3-5-7-16)22(28)27(23(21)29)19-11-17(24)8-9-18(19)25/h3-9,11,14-15H,10,12-13H2,1-2H3. The van der Waals surface area contributed by atoms with Gasteiger partial charge in [-0.3, -0.25) is 9.59 Å². The maximum atomic E-state index is 14.4. The van der Waals surface area contributed by atoms with Crippen molar-refractivity contribution in [2.45, 2.75) is 20.3 Å². The normalized spacial score (nSPS) is 22.6. The van der Waals surface area contributed by atoms with Crippen LogP contribution in [-0.4, -0.2) is 29.8 Å². The van der Waals surface area contributed by atoms with Crippen molar-refractivity contribution in [3.05, 3.63) is 71.4 Å². The first kappa shape index (κ1) is 19.3. The summed E-state index contributed by atoms with van der Waals surface area (Å²) in [7, 11) is 0. The Kier molecular flexibility index (Phi) is 4.94. The average Bonchev–Trinajstić information content (AvgIpc) is 2.94. The third-order valence-electron chi connectivity index (χ3n) is 5.46. The van der Waals surface area contributed by atoms with Crippen molar-refractivity contribution in [1.29, 1.82) is 0 Å². The van der Waals surface area contributed by atoms with Crippen LogP contribution in [0.5, 0.6) is 0 Å².